The van der Waals surface area contributed by atoms with Crippen molar-refractivity contribution in [3.05, 3.63) is 66.4 Å². The van der Waals surface area contributed by atoms with Gasteiger partial charge in [0.15, 0.2) is 0 Å². The maximum absolute atomic E-state index is 13.3. The van der Waals surface area contributed by atoms with Crippen molar-refractivity contribution in [2.24, 2.45) is 0 Å². The fourth-order valence-electron chi connectivity index (χ4n) is 3.74. The quantitative estimate of drug-likeness (QED) is 0.572. The molecular weight excluding hydrogens is 350 g/mol. The number of H-pyrrole nitrogens is 1. The van der Waals surface area contributed by atoms with Crippen LogP contribution in [-0.2, 0) is 10.2 Å². The van der Waals surface area contributed by atoms with E-state index in [1.165, 1.54) is 0 Å². The van der Waals surface area contributed by atoms with Gasteiger partial charge in [0, 0.05) is 29.5 Å². The predicted octanol–water partition coefficient (Wildman–Crippen LogP) is 4.28. The Morgan fingerprint density at radius 1 is 1.00 bits per heavy atom. The summed E-state index contributed by atoms with van der Waals surface area (Å²) in [6.45, 7) is 5.77. The van der Waals surface area contributed by atoms with Gasteiger partial charge in [-0.25, -0.2) is 15.0 Å². The largest absolute Gasteiger partial charge is 0.346 e. The normalized spacial score (nSPS) is 15.2. The number of nitrogens with one attached hydrogen (secondary N) is 1. The highest BCUT2D eigenvalue weighted by atomic mass is 16.2. The van der Waals surface area contributed by atoms with E-state index in [1.807, 2.05) is 63.4 Å². The van der Waals surface area contributed by atoms with Crippen molar-refractivity contribution in [1.82, 2.24) is 19.9 Å². The first-order valence-corrected chi connectivity index (χ1v) is 9.17. The maximum Gasteiger partial charge on any atom is 0.242 e. The summed E-state index contributed by atoms with van der Waals surface area (Å²) >= 11 is 0. The summed E-state index contributed by atoms with van der Waals surface area (Å²) in [4.78, 5) is 31.4. The highest BCUT2D eigenvalue weighted by Crippen LogP contribution is 2.46. The Labute approximate surface area is 162 Å². The molecule has 28 heavy (non-hydrogen) atoms. The monoisotopic (exact) mass is 369 g/mol. The first kappa shape index (κ1) is 16.6. The van der Waals surface area contributed by atoms with E-state index < -0.39 is 5.41 Å². The minimum Gasteiger partial charge on any atom is -0.346 e. The molecular formula is C22H19N5O. The average Bonchev–Trinajstić information content (AvgIpc) is 3.23. The number of carbonyl (C=O) groups excluding carboxylic acids is 1. The second kappa shape index (κ2) is 5.73. The fraction of sp³-hybridized carbons (Fsp3) is 0.182. The molecule has 0 saturated carbocycles. The van der Waals surface area contributed by atoms with Crippen LogP contribution in [0.2, 0.25) is 0 Å². The van der Waals surface area contributed by atoms with Crippen molar-refractivity contribution < 1.29 is 4.79 Å². The van der Waals surface area contributed by atoms with Crippen LogP contribution in [0.25, 0.3) is 22.2 Å². The molecule has 0 spiro atoms. The molecule has 0 saturated heterocycles. The van der Waals surface area contributed by atoms with Crippen LogP contribution >= 0.6 is 0 Å². The minimum atomic E-state index is -0.621. The van der Waals surface area contributed by atoms with Crippen LogP contribution in [0.1, 0.15) is 25.2 Å². The second-order valence-corrected chi connectivity index (χ2v) is 7.60. The van der Waals surface area contributed by atoms with Crippen LogP contribution < -0.4 is 4.90 Å². The third kappa shape index (κ3) is 2.34. The van der Waals surface area contributed by atoms with Crippen LogP contribution in [0.15, 0.2) is 55.0 Å². The van der Waals surface area contributed by atoms with Gasteiger partial charge in [-0.3, -0.25) is 9.69 Å². The molecule has 4 aromatic rings. The molecule has 1 amide bonds. The molecule has 0 fully saturated rings. The lowest BCUT2D eigenvalue weighted by molar-refractivity contribution is -0.121. The molecule has 6 heteroatoms. The fourth-order valence-corrected chi connectivity index (χ4v) is 3.74. The summed E-state index contributed by atoms with van der Waals surface area (Å²) in [5.74, 6) is 1.36. The van der Waals surface area contributed by atoms with Crippen LogP contribution in [0.5, 0.6) is 0 Å². The molecule has 0 unspecified atom stereocenters. The Morgan fingerprint density at radius 2 is 1.79 bits per heavy atom. The molecule has 6 nitrogen and oxygen atoms in total. The molecule has 3 aromatic heterocycles. The molecule has 0 radical (unpaired) electrons. The molecule has 0 aliphatic carbocycles. The number of pyridine rings is 1. The summed E-state index contributed by atoms with van der Waals surface area (Å²) in [5, 5.41) is 1.01. The predicted molar refractivity (Wildman–Crippen MR) is 108 cm³/mol. The number of nitrogens with zero attached hydrogens (tertiary/aromatic N) is 4. The van der Waals surface area contributed by atoms with E-state index in [4.69, 9.17) is 0 Å². The Morgan fingerprint density at radius 3 is 2.57 bits per heavy atom. The number of hydrogen-bond donors (Lipinski definition) is 1. The second-order valence-electron chi connectivity index (χ2n) is 7.60. The Balaban J connectivity index is 1.68. The molecule has 0 atom stereocenters. The number of hydrogen-bond acceptors (Lipinski definition) is 4. The molecule has 1 aromatic carbocycles. The van der Waals surface area contributed by atoms with Crippen molar-refractivity contribution in [2.75, 3.05) is 4.90 Å². The number of rotatable bonds is 2. The zero-order valence-corrected chi connectivity index (χ0v) is 15.9. The average molecular weight is 369 g/mol. The molecule has 4 heterocycles. The van der Waals surface area contributed by atoms with Gasteiger partial charge in [-0.2, -0.15) is 0 Å². The molecule has 1 aliphatic rings. The third-order valence-electron chi connectivity index (χ3n) is 5.39. The van der Waals surface area contributed by atoms with Crippen LogP contribution in [0, 0.1) is 6.92 Å². The van der Waals surface area contributed by atoms with E-state index in [-0.39, 0.29) is 5.91 Å². The summed E-state index contributed by atoms with van der Waals surface area (Å²) in [6, 6.07) is 11.9. The highest BCUT2D eigenvalue weighted by Gasteiger charge is 2.45. The highest BCUT2D eigenvalue weighted by molar-refractivity contribution is 6.12. The lowest BCUT2D eigenvalue weighted by Gasteiger charge is -2.19. The lowest BCUT2D eigenvalue weighted by Crippen LogP contribution is -2.33. The molecule has 1 aliphatic heterocycles. The van der Waals surface area contributed by atoms with Gasteiger partial charge in [0.2, 0.25) is 5.91 Å². The summed E-state index contributed by atoms with van der Waals surface area (Å²) in [5.41, 5.74) is 3.87. The van der Waals surface area contributed by atoms with Gasteiger partial charge in [0.05, 0.1) is 11.1 Å². The van der Waals surface area contributed by atoms with Crippen molar-refractivity contribution >= 4 is 28.4 Å². The maximum atomic E-state index is 13.3. The number of fused-ring (bicyclic) bond motifs is 2. The van der Waals surface area contributed by atoms with Crippen molar-refractivity contribution in [1.29, 1.82) is 0 Å². The number of aromatic amines is 1. The van der Waals surface area contributed by atoms with Gasteiger partial charge >= 0.3 is 0 Å². The lowest BCUT2D eigenvalue weighted by atomic mass is 9.85. The van der Waals surface area contributed by atoms with E-state index in [9.17, 15) is 4.79 Å². The van der Waals surface area contributed by atoms with E-state index in [0.717, 1.165) is 39.2 Å². The number of aromatic nitrogens is 4. The minimum absolute atomic E-state index is 0.0122. The summed E-state index contributed by atoms with van der Waals surface area (Å²) in [7, 11) is 0. The zero-order chi connectivity index (χ0) is 19.5. The van der Waals surface area contributed by atoms with Crippen molar-refractivity contribution in [2.45, 2.75) is 26.2 Å². The number of carbonyl (C=O) groups is 1. The van der Waals surface area contributed by atoms with Gasteiger partial charge in [0.1, 0.15) is 17.3 Å². The SMILES string of the molecule is Cc1ncc(-c2ccc3c(c2)N(c2ccc4cc[nH]c4n2)C(=O)C3(C)C)cn1. The number of aryl methyl sites for hydroxylation is 1. The number of amides is 1. The van der Waals surface area contributed by atoms with Crippen LogP contribution in [0.3, 0.4) is 0 Å². The number of anilines is 2. The van der Waals surface area contributed by atoms with E-state index in [0.29, 0.717) is 5.82 Å². The Bertz CT molecular complexity index is 1220. The van der Waals surface area contributed by atoms with Gasteiger partial charge in [-0.1, -0.05) is 12.1 Å². The van der Waals surface area contributed by atoms with E-state index in [1.54, 1.807) is 17.3 Å². The first-order chi connectivity index (χ1) is 13.4. The smallest absolute Gasteiger partial charge is 0.242 e. The molecule has 1 N–H and O–H groups in total. The molecule has 138 valence electrons. The number of benzene rings is 1. The van der Waals surface area contributed by atoms with E-state index >= 15 is 0 Å². The molecule has 0 bridgehead atoms. The van der Waals surface area contributed by atoms with Gasteiger partial charge in [-0.15, -0.1) is 0 Å². The topological polar surface area (TPSA) is 74.8 Å². The van der Waals surface area contributed by atoms with Crippen molar-refractivity contribution in [3.63, 3.8) is 0 Å². The Hall–Kier alpha value is -3.54. The van der Waals surface area contributed by atoms with Gasteiger partial charge in [0.25, 0.3) is 0 Å². The van der Waals surface area contributed by atoms with Crippen molar-refractivity contribution in [3.8, 4) is 11.1 Å². The standard InChI is InChI=1S/C22H19N5O/c1-13-24-11-16(12-25-13)15-4-6-17-18(10-15)27(21(28)22(17,2)3)19-7-5-14-8-9-23-20(14)26-19/h4-12H,1-3H3,(H,23,26). The van der Waals surface area contributed by atoms with Crippen LogP contribution in [0.4, 0.5) is 11.5 Å². The Kier molecular flexibility index (Phi) is 3.40. The van der Waals surface area contributed by atoms with Gasteiger partial charge in [-0.05, 0) is 56.2 Å². The summed E-state index contributed by atoms with van der Waals surface area (Å²) in [6.07, 6.45) is 5.46. The van der Waals surface area contributed by atoms with Gasteiger partial charge < -0.3 is 4.98 Å². The zero-order valence-electron chi connectivity index (χ0n) is 15.9. The first-order valence-electron chi connectivity index (χ1n) is 9.17. The van der Waals surface area contributed by atoms with E-state index in [2.05, 4.69) is 19.9 Å². The third-order valence-corrected chi connectivity index (χ3v) is 5.39. The van der Waals surface area contributed by atoms with Crippen LogP contribution in [-0.4, -0.2) is 25.8 Å². The summed E-state index contributed by atoms with van der Waals surface area (Å²) < 4.78 is 0. The molecule has 5 rings (SSSR count).